The molecule has 0 saturated carbocycles. The highest BCUT2D eigenvalue weighted by atomic mass is 19.1. The van der Waals surface area contributed by atoms with Crippen LogP contribution >= 0.6 is 0 Å². The van der Waals surface area contributed by atoms with Gasteiger partial charge in [-0.1, -0.05) is 12.1 Å². The number of benzene rings is 1. The summed E-state index contributed by atoms with van der Waals surface area (Å²) < 4.78 is 13.6. The monoisotopic (exact) mass is 248 g/mol. The Morgan fingerprint density at radius 3 is 2.94 bits per heavy atom. The minimum Gasteiger partial charge on any atom is -0.351 e. The lowest BCUT2D eigenvalue weighted by Gasteiger charge is -2.22. The number of carbonyl (C=O) groups is 2. The van der Waals surface area contributed by atoms with Crippen molar-refractivity contribution in [3.63, 3.8) is 0 Å². The van der Waals surface area contributed by atoms with Gasteiger partial charge in [-0.3, -0.25) is 9.59 Å². The van der Waals surface area contributed by atoms with E-state index in [9.17, 15) is 14.0 Å². The number of halogens is 1. The summed E-state index contributed by atoms with van der Waals surface area (Å²) in [6.45, 7) is 0.572. The minimum absolute atomic E-state index is 0.0315. The molecule has 3 rings (SSSR count). The molecule has 5 heteroatoms. The SMILES string of the molecule is O=C1CC2C(CCN2C(=O)c2ccccc2F)N1. The van der Waals surface area contributed by atoms with Gasteiger partial charge in [0.1, 0.15) is 5.82 Å². The lowest BCUT2D eigenvalue weighted by atomic mass is 10.1. The predicted octanol–water partition coefficient (Wildman–Crippen LogP) is 0.929. The van der Waals surface area contributed by atoms with Gasteiger partial charge in [0.25, 0.3) is 5.91 Å². The largest absolute Gasteiger partial charge is 0.351 e. The summed E-state index contributed by atoms with van der Waals surface area (Å²) >= 11 is 0. The first-order valence-electron chi connectivity index (χ1n) is 6.01. The first-order chi connectivity index (χ1) is 8.66. The van der Waals surface area contributed by atoms with Gasteiger partial charge < -0.3 is 10.2 Å². The fourth-order valence-electron chi connectivity index (χ4n) is 2.77. The fraction of sp³-hybridized carbons (Fsp3) is 0.385. The first-order valence-corrected chi connectivity index (χ1v) is 6.01. The maximum absolute atomic E-state index is 13.6. The van der Waals surface area contributed by atoms with Crippen molar-refractivity contribution in [2.45, 2.75) is 24.9 Å². The third kappa shape index (κ3) is 1.66. The number of rotatable bonds is 1. The molecular weight excluding hydrogens is 235 g/mol. The zero-order valence-electron chi connectivity index (χ0n) is 9.73. The van der Waals surface area contributed by atoms with Crippen LogP contribution < -0.4 is 5.32 Å². The molecule has 0 radical (unpaired) electrons. The highest BCUT2D eigenvalue weighted by Crippen LogP contribution is 2.27. The van der Waals surface area contributed by atoms with Gasteiger partial charge in [0.15, 0.2) is 0 Å². The van der Waals surface area contributed by atoms with Crippen molar-refractivity contribution in [2.75, 3.05) is 6.54 Å². The van der Waals surface area contributed by atoms with Crippen LogP contribution in [0.2, 0.25) is 0 Å². The summed E-state index contributed by atoms with van der Waals surface area (Å²) in [7, 11) is 0. The topological polar surface area (TPSA) is 49.4 Å². The number of nitrogens with one attached hydrogen (secondary N) is 1. The Morgan fingerprint density at radius 1 is 1.39 bits per heavy atom. The number of hydrogen-bond donors (Lipinski definition) is 1. The van der Waals surface area contributed by atoms with E-state index >= 15 is 0 Å². The quantitative estimate of drug-likeness (QED) is 0.803. The lowest BCUT2D eigenvalue weighted by molar-refractivity contribution is -0.119. The van der Waals surface area contributed by atoms with Gasteiger partial charge in [0, 0.05) is 13.0 Å². The van der Waals surface area contributed by atoms with Crippen molar-refractivity contribution in [1.82, 2.24) is 10.2 Å². The van der Waals surface area contributed by atoms with Crippen molar-refractivity contribution in [3.8, 4) is 0 Å². The molecule has 2 saturated heterocycles. The summed E-state index contributed by atoms with van der Waals surface area (Å²) in [5.74, 6) is -0.864. The maximum Gasteiger partial charge on any atom is 0.257 e. The van der Waals surface area contributed by atoms with E-state index in [1.807, 2.05) is 0 Å². The number of fused-ring (bicyclic) bond motifs is 1. The fourth-order valence-corrected chi connectivity index (χ4v) is 2.77. The van der Waals surface area contributed by atoms with E-state index in [2.05, 4.69) is 5.32 Å². The first kappa shape index (κ1) is 11.2. The molecule has 1 N–H and O–H groups in total. The van der Waals surface area contributed by atoms with Gasteiger partial charge in [-0.15, -0.1) is 0 Å². The van der Waals surface area contributed by atoms with Gasteiger partial charge in [-0.05, 0) is 18.6 Å². The Bertz CT molecular complexity index is 517. The zero-order valence-corrected chi connectivity index (χ0v) is 9.73. The Morgan fingerprint density at radius 2 is 2.17 bits per heavy atom. The molecule has 2 fully saturated rings. The van der Waals surface area contributed by atoms with Crippen LogP contribution in [0.15, 0.2) is 24.3 Å². The smallest absolute Gasteiger partial charge is 0.257 e. The maximum atomic E-state index is 13.6. The van der Waals surface area contributed by atoms with E-state index in [0.29, 0.717) is 13.0 Å². The average Bonchev–Trinajstić information content (AvgIpc) is 2.87. The van der Waals surface area contributed by atoms with Gasteiger partial charge in [0.05, 0.1) is 17.6 Å². The van der Waals surface area contributed by atoms with Crippen LogP contribution in [0.4, 0.5) is 4.39 Å². The summed E-state index contributed by atoms with van der Waals surface area (Å²) in [5.41, 5.74) is 0.0810. The molecule has 2 heterocycles. The van der Waals surface area contributed by atoms with Crippen LogP contribution in [0, 0.1) is 5.82 Å². The second kappa shape index (κ2) is 4.08. The van der Waals surface area contributed by atoms with E-state index in [1.54, 1.807) is 17.0 Å². The van der Waals surface area contributed by atoms with Gasteiger partial charge >= 0.3 is 0 Å². The number of carbonyl (C=O) groups excluding carboxylic acids is 2. The molecule has 2 unspecified atom stereocenters. The third-order valence-corrected chi connectivity index (χ3v) is 3.65. The number of amides is 2. The zero-order chi connectivity index (χ0) is 12.7. The van der Waals surface area contributed by atoms with Crippen molar-refractivity contribution in [3.05, 3.63) is 35.6 Å². The standard InChI is InChI=1S/C13H13FN2O2/c14-9-4-2-1-3-8(9)13(18)16-6-5-10-11(16)7-12(17)15-10/h1-4,10-11H,5-7H2,(H,15,17). The second-order valence-electron chi connectivity index (χ2n) is 4.71. The van der Waals surface area contributed by atoms with Crippen LogP contribution in [0.3, 0.4) is 0 Å². The van der Waals surface area contributed by atoms with Crippen LogP contribution in [-0.4, -0.2) is 35.3 Å². The highest BCUT2D eigenvalue weighted by molar-refractivity contribution is 5.95. The average molecular weight is 248 g/mol. The number of likely N-dealkylation sites (tertiary alicyclic amines) is 1. The molecule has 0 aromatic heterocycles. The van der Waals surface area contributed by atoms with E-state index in [1.165, 1.54) is 12.1 Å². The Hall–Kier alpha value is -1.91. The summed E-state index contributed by atoms with van der Waals surface area (Å²) in [5, 5.41) is 2.84. The summed E-state index contributed by atoms with van der Waals surface area (Å²) in [6.07, 6.45) is 1.07. The lowest BCUT2D eigenvalue weighted by Crippen LogP contribution is -2.38. The minimum atomic E-state index is -0.511. The van der Waals surface area contributed by atoms with Crippen LogP contribution in [0.25, 0.3) is 0 Å². The van der Waals surface area contributed by atoms with E-state index in [-0.39, 0.29) is 29.5 Å². The van der Waals surface area contributed by atoms with Crippen LogP contribution in [0.1, 0.15) is 23.2 Å². The molecule has 0 aliphatic carbocycles. The number of nitrogens with zero attached hydrogens (tertiary/aromatic N) is 1. The normalized spacial score (nSPS) is 26.1. The second-order valence-corrected chi connectivity index (χ2v) is 4.71. The van der Waals surface area contributed by atoms with E-state index in [4.69, 9.17) is 0 Å². The molecule has 94 valence electrons. The molecule has 2 aliphatic rings. The molecule has 4 nitrogen and oxygen atoms in total. The highest BCUT2D eigenvalue weighted by Gasteiger charge is 2.43. The molecule has 0 spiro atoms. The van der Waals surface area contributed by atoms with Gasteiger partial charge in [0.2, 0.25) is 5.91 Å². The Balaban J connectivity index is 1.86. The van der Waals surface area contributed by atoms with Crippen molar-refractivity contribution in [2.24, 2.45) is 0 Å². The van der Waals surface area contributed by atoms with Gasteiger partial charge in [-0.25, -0.2) is 4.39 Å². The van der Waals surface area contributed by atoms with Crippen LogP contribution in [0.5, 0.6) is 0 Å². The Kier molecular flexibility index (Phi) is 2.54. The molecule has 2 atom stereocenters. The van der Waals surface area contributed by atoms with Gasteiger partial charge in [-0.2, -0.15) is 0 Å². The molecule has 18 heavy (non-hydrogen) atoms. The van der Waals surface area contributed by atoms with Crippen LogP contribution in [-0.2, 0) is 4.79 Å². The molecule has 2 aliphatic heterocycles. The molecule has 2 amide bonds. The summed E-state index contributed by atoms with van der Waals surface area (Å²) in [4.78, 5) is 25.2. The predicted molar refractivity (Wildman–Crippen MR) is 62.4 cm³/mol. The molecule has 1 aromatic carbocycles. The Labute approximate surface area is 104 Å². The summed E-state index contributed by atoms with van der Waals surface area (Å²) in [6, 6.07) is 5.87. The third-order valence-electron chi connectivity index (χ3n) is 3.65. The van der Waals surface area contributed by atoms with Crippen molar-refractivity contribution >= 4 is 11.8 Å². The molecule has 1 aromatic rings. The van der Waals surface area contributed by atoms with Crippen molar-refractivity contribution < 1.29 is 14.0 Å². The number of hydrogen-bond acceptors (Lipinski definition) is 2. The van der Waals surface area contributed by atoms with Crippen molar-refractivity contribution in [1.29, 1.82) is 0 Å². The molecular formula is C13H13FN2O2. The van der Waals surface area contributed by atoms with E-state index < -0.39 is 5.82 Å². The van der Waals surface area contributed by atoms with E-state index in [0.717, 1.165) is 6.42 Å². The molecule has 0 bridgehead atoms.